The van der Waals surface area contributed by atoms with Crippen LogP contribution in [0.25, 0.3) is 11.4 Å². The van der Waals surface area contributed by atoms with E-state index in [-0.39, 0.29) is 16.4 Å². The van der Waals surface area contributed by atoms with Crippen LogP contribution in [0.4, 0.5) is 5.69 Å². The largest absolute Gasteiger partial charge is 0.308 e. The molecule has 0 unspecified atom stereocenters. The molecule has 0 atom stereocenters. The van der Waals surface area contributed by atoms with Crippen molar-refractivity contribution in [1.82, 2.24) is 14.8 Å². The van der Waals surface area contributed by atoms with Crippen molar-refractivity contribution in [1.29, 1.82) is 0 Å². The zero-order valence-electron chi connectivity index (χ0n) is 18.8. The molecule has 3 aromatic rings. The van der Waals surface area contributed by atoms with Gasteiger partial charge in [-0.25, -0.2) is 8.42 Å². The summed E-state index contributed by atoms with van der Waals surface area (Å²) in [5.41, 5.74) is 2.00. The summed E-state index contributed by atoms with van der Waals surface area (Å²) in [6.07, 6.45) is 0.715. The molecule has 6 nitrogen and oxygen atoms in total. The maximum Gasteiger partial charge on any atom is 0.261 e. The van der Waals surface area contributed by atoms with E-state index in [1.807, 2.05) is 37.5 Å². The minimum Gasteiger partial charge on any atom is -0.308 e. The molecule has 0 fully saturated rings. The second-order valence-electron chi connectivity index (χ2n) is 8.83. The number of aryl methyl sites for hydroxylation is 1. The van der Waals surface area contributed by atoms with Crippen LogP contribution in [0.15, 0.2) is 47.4 Å². The van der Waals surface area contributed by atoms with Crippen LogP contribution in [0.1, 0.15) is 59.0 Å². The number of hydrogen-bond acceptors (Lipinski definition) is 4. The molecule has 0 aliphatic heterocycles. The topological polar surface area (TPSA) is 76.9 Å². The normalized spacial score (nSPS) is 12.4. The highest BCUT2D eigenvalue weighted by molar-refractivity contribution is 7.92. The van der Waals surface area contributed by atoms with E-state index in [1.165, 1.54) is 0 Å². The molecule has 8 heteroatoms. The van der Waals surface area contributed by atoms with Crippen LogP contribution in [-0.4, -0.2) is 23.2 Å². The molecule has 0 amide bonds. The van der Waals surface area contributed by atoms with Crippen molar-refractivity contribution in [3.05, 3.63) is 58.9 Å². The van der Waals surface area contributed by atoms with Crippen molar-refractivity contribution in [3.63, 3.8) is 0 Å². The lowest BCUT2D eigenvalue weighted by Crippen LogP contribution is -2.16. The second kappa shape index (κ2) is 8.63. The number of benzene rings is 2. The zero-order valence-corrected chi connectivity index (χ0v) is 20.3. The maximum atomic E-state index is 13.1. The van der Waals surface area contributed by atoms with Crippen LogP contribution in [0.5, 0.6) is 0 Å². The fourth-order valence-electron chi connectivity index (χ4n) is 3.42. The van der Waals surface area contributed by atoms with E-state index >= 15 is 0 Å². The van der Waals surface area contributed by atoms with Gasteiger partial charge in [-0.2, -0.15) is 0 Å². The minimum atomic E-state index is -3.80. The Bertz CT molecular complexity index is 1180. The third kappa shape index (κ3) is 4.93. The Morgan fingerprint density at radius 3 is 2.26 bits per heavy atom. The summed E-state index contributed by atoms with van der Waals surface area (Å²) in [5, 5.41) is 9.11. The van der Waals surface area contributed by atoms with Crippen LogP contribution >= 0.6 is 11.6 Å². The molecular formula is C23H29ClN4O2S. The Balaban J connectivity index is 2.05. The van der Waals surface area contributed by atoms with Gasteiger partial charge in [0.15, 0.2) is 5.82 Å². The number of nitrogens with one attached hydrogen (secondary N) is 1. The molecule has 166 valence electrons. The van der Waals surface area contributed by atoms with Gasteiger partial charge in [0, 0.05) is 23.0 Å². The first-order valence-corrected chi connectivity index (χ1v) is 12.2. The predicted molar refractivity (Wildman–Crippen MR) is 126 cm³/mol. The Labute approximate surface area is 189 Å². The van der Waals surface area contributed by atoms with Gasteiger partial charge in [0.25, 0.3) is 10.0 Å². The Hall–Kier alpha value is -2.38. The summed E-state index contributed by atoms with van der Waals surface area (Å²) in [6.45, 7) is 12.3. The molecule has 0 saturated carbocycles. The number of hydrogen-bond donors (Lipinski definition) is 1. The molecule has 0 radical (unpaired) electrons. The van der Waals surface area contributed by atoms with Gasteiger partial charge in [0.05, 0.1) is 10.6 Å². The highest BCUT2D eigenvalue weighted by Gasteiger charge is 2.22. The average molecular weight is 461 g/mol. The van der Waals surface area contributed by atoms with E-state index in [2.05, 4.69) is 35.7 Å². The van der Waals surface area contributed by atoms with Crippen LogP contribution in [0.2, 0.25) is 5.02 Å². The summed E-state index contributed by atoms with van der Waals surface area (Å²) in [7, 11) is -3.80. The first-order chi connectivity index (χ1) is 14.4. The third-order valence-electron chi connectivity index (χ3n) is 5.10. The molecule has 31 heavy (non-hydrogen) atoms. The van der Waals surface area contributed by atoms with Crippen LogP contribution in [0, 0.1) is 0 Å². The van der Waals surface area contributed by atoms with E-state index in [0.717, 1.165) is 11.4 Å². The highest BCUT2D eigenvalue weighted by Crippen LogP contribution is 2.33. The van der Waals surface area contributed by atoms with E-state index in [9.17, 15) is 8.42 Å². The fraction of sp³-hybridized carbons (Fsp3) is 0.391. The Morgan fingerprint density at radius 2 is 1.71 bits per heavy atom. The smallest absolute Gasteiger partial charge is 0.261 e. The first-order valence-electron chi connectivity index (χ1n) is 10.3. The lowest BCUT2D eigenvalue weighted by molar-refractivity contribution is 0.577. The molecule has 2 aromatic carbocycles. The minimum absolute atomic E-state index is 0.0586. The van der Waals surface area contributed by atoms with Crippen LogP contribution in [0.3, 0.4) is 0 Å². The van der Waals surface area contributed by atoms with Crippen LogP contribution in [-0.2, 0) is 21.9 Å². The summed E-state index contributed by atoms with van der Waals surface area (Å²) >= 11 is 6.25. The summed E-state index contributed by atoms with van der Waals surface area (Å²) in [4.78, 5) is 0.195. The van der Waals surface area contributed by atoms with Crippen molar-refractivity contribution in [2.24, 2.45) is 0 Å². The van der Waals surface area contributed by atoms with Gasteiger partial charge >= 0.3 is 0 Å². The number of aromatic nitrogens is 3. The lowest BCUT2D eigenvalue weighted by Gasteiger charge is -2.19. The SMILES string of the molecule is CCc1nnc(-c2cc(Cl)ccc2NS(=O)(=O)c2ccc(C(C)(C)C)cc2)n1C(C)C. The highest BCUT2D eigenvalue weighted by atomic mass is 35.5. The predicted octanol–water partition coefficient (Wildman–Crippen LogP) is 5.84. The van der Waals surface area contributed by atoms with Gasteiger partial charge in [-0.3, -0.25) is 4.72 Å². The van der Waals surface area contributed by atoms with Crippen molar-refractivity contribution in [3.8, 4) is 11.4 Å². The van der Waals surface area contributed by atoms with Gasteiger partial charge in [-0.15, -0.1) is 10.2 Å². The average Bonchev–Trinajstić information content (AvgIpc) is 3.13. The van der Waals surface area contributed by atoms with Gasteiger partial charge in [0.1, 0.15) is 5.82 Å². The monoisotopic (exact) mass is 460 g/mol. The molecule has 0 aliphatic carbocycles. The van der Waals surface area contributed by atoms with Crippen molar-refractivity contribution < 1.29 is 8.42 Å². The van der Waals surface area contributed by atoms with Crippen molar-refractivity contribution in [2.75, 3.05) is 4.72 Å². The fourth-order valence-corrected chi connectivity index (χ4v) is 4.67. The van der Waals surface area contributed by atoms with Gasteiger partial charge in [-0.1, -0.05) is 51.4 Å². The van der Waals surface area contributed by atoms with Crippen molar-refractivity contribution in [2.45, 2.75) is 64.3 Å². The van der Waals surface area contributed by atoms with Crippen LogP contribution < -0.4 is 4.72 Å². The van der Waals surface area contributed by atoms with Gasteiger partial charge < -0.3 is 4.57 Å². The maximum absolute atomic E-state index is 13.1. The molecule has 0 aliphatic rings. The molecule has 3 rings (SSSR count). The number of anilines is 1. The standard InChI is InChI=1S/C23H29ClN4O2S/c1-7-21-25-26-22(28(21)15(2)3)19-14-17(24)10-13-20(19)27-31(29,30)18-11-8-16(9-12-18)23(4,5)6/h8-15,27H,7H2,1-6H3. The Kier molecular flexibility index (Phi) is 6.48. The molecule has 0 saturated heterocycles. The molecule has 0 spiro atoms. The molecule has 1 N–H and O–H groups in total. The number of halogens is 1. The summed E-state index contributed by atoms with van der Waals surface area (Å²) in [5.74, 6) is 1.41. The summed E-state index contributed by atoms with van der Waals surface area (Å²) in [6, 6.07) is 12.1. The second-order valence-corrected chi connectivity index (χ2v) is 10.9. The van der Waals surface area contributed by atoms with E-state index in [0.29, 0.717) is 28.5 Å². The molecule has 0 bridgehead atoms. The Morgan fingerprint density at radius 1 is 1.06 bits per heavy atom. The van der Waals surface area contributed by atoms with Gasteiger partial charge in [0.2, 0.25) is 0 Å². The number of rotatable bonds is 6. The van der Waals surface area contributed by atoms with Gasteiger partial charge in [-0.05, 0) is 55.2 Å². The lowest BCUT2D eigenvalue weighted by atomic mass is 9.87. The quantitative estimate of drug-likeness (QED) is 0.501. The molecule has 1 aromatic heterocycles. The molecule has 1 heterocycles. The third-order valence-corrected chi connectivity index (χ3v) is 6.71. The number of sulfonamides is 1. The molecular weight excluding hydrogens is 432 g/mol. The number of nitrogens with zero attached hydrogens (tertiary/aromatic N) is 3. The zero-order chi connectivity index (χ0) is 23.0. The summed E-state index contributed by atoms with van der Waals surface area (Å²) < 4.78 is 31.0. The van der Waals surface area contributed by atoms with E-state index < -0.39 is 10.0 Å². The van der Waals surface area contributed by atoms with E-state index in [4.69, 9.17) is 11.6 Å². The van der Waals surface area contributed by atoms with Crippen molar-refractivity contribution >= 4 is 27.3 Å². The first kappa shape index (κ1) is 23.3. The van der Waals surface area contributed by atoms with E-state index in [1.54, 1.807) is 30.3 Å².